The second-order valence-electron chi connectivity index (χ2n) is 7.31. The number of hydrogen-bond acceptors (Lipinski definition) is 3. The normalized spacial score (nSPS) is 21.1. The maximum absolute atomic E-state index is 12.6. The first kappa shape index (κ1) is 17.3. The van der Waals surface area contributed by atoms with Crippen molar-refractivity contribution < 1.29 is 9.59 Å². The largest absolute Gasteiger partial charge is 0.350 e. The molecule has 1 atom stereocenters. The third-order valence-electron chi connectivity index (χ3n) is 5.62. The van der Waals surface area contributed by atoms with Crippen molar-refractivity contribution in [3.63, 3.8) is 0 Å². The number of benzene rings is 1. The molecule has 2 aromatic rings. The number of aryl methyl sites for hydroxylation is 1. The Morgan fingerprint density at radius 1 is 1.35 bits per heavy atom. The second kappa shape index (κ2) is 6.91. The molecule has 1 saturated carbocycles. The maximum atomic E-state index is 12.6. The number of rotatable bonds is 4. The van der Waals surface area contributed by atoms with Crippen molar-refractivity contribution in [3.8, 4) is 0 Å². The predicted octanol–water partition coefficient (Wildman–Crippen LogP) is 2.63. The molecular weight excluding hydrogens is 352 g/mol. The molecule has 4 rings (SSSR count). The minimum atomic E-state index is -0.270. The van der Waals surface area contributed by atoms with Gasteiger partial charge in [-0.05, 0) is 25.0 Å². The zero-order valence-electron chi connectivity index (χ0n) is 14.9. The van der Waals surface area contributed by atoms with Gasteiger partial charge in [0.1, 0.15) is 0 Å². The quantitative estimate of drug-likeness (QED) is 0.894. The summed E-state index contributed by atoms with van der Waals surface area (Å²) >= 11 is 6.31. The first-order chi connectivity index (χ1) is 12.5. The van der Waals surface area contributed by atoms with Crippen molar-refractivity contribution in [1.29, 1.82) is 0 Å². The number of amides is 2. The summed E-state index contributed by atoms with van der Waals surface area (Å²) in [6, 6.07) is 6.00. The van der Waals surface area contributed by atoms with Crippen LogP contribution in [0.25, 0.3) is 10.9 Å². The molecule has 0 radical (unpaired) electrons. The van der Waals surface area contributed by atoms with Gasteiger partial charge in [0.05, 0.1) is 28.7 Å². The van der Waals surface area contributed by atoms with Gasteiger partial charge in [-0.1, -0.05) is 30.5 Å². The van der Waals surface area contributed by atoms with E-state index in [1.165, 1.54) is 12.8 Å². The molecule has 1 aromatic carbocycles. The van der Waals surface area contributed by atoms with E-state index in [1.54, 1.807) is 4.68 Å². The zero-order valence-corrected chi connectivity index (χ0v) is 15.6. The van der Waals surface area contributed by atoms with Gasteiger partial charge in [-0.15, -0.1) is 0 Å². The van der Waals surface area contributed by atoms with E-state index in [-0.39, 0.29) is 17.7 Å². The molecule has 2 fully saturated rings. The molecule has 7 heteroatoms. The smallest absolute Gasteiger partial charge is 0.225 e. The van der Waals surface area contributed by atoms with E-state index in [0.717, 1.165) is 29.4 Å². The minimum absolute atomic E-state index is 0.0790. The molecule has 138 valence electrons. The molecule has 1 aliphatic carbocycles. The fraction of sp³-hybridized carbons (Fsp3) is 0.526. The molecule has 26 heavy (non-hydrogen) atoms. The van der Waals surface area contributed by atoms with E-state index in [2.05, 4.69) is 10.4 Å². The lowest BCUT2D eigenvalue weighted by molar-refractivity contribution is -0.130. The summed E-state index contributed by atoms with van der Waals surface area (Å²) in [5, 5.41) is 8.93. The molecule has 1 N–H and O–H groups in total. The highest BCUT2D eigenvalue weighted by Gasteiger charge is 2.38. The standard InChI is InChI=1S/C19H23ClN4O2/c1-23-16-8-4-7-14(20)18(16)15(22-23)10-21-19(26)12-9-17(25)24(11-12)13-5-2-3-6-13/h4,7-8,12-13H,2-3,5-6,9-11H2,1H3,(H,21,26)/t12-/m1/s1. The summed E-state index contributed by atoms with van der Waals surface area (Å²) in [5.74, 6) is -0.235. The number of nitrogens with one attached hydrogen (secondary N) is 1. The van der Waals surface area contributed by atoms with Crippen LogP contribution in [0.15, 0.2) is 18.2 Å². The van der Waals surface area contributed by atoms with E-state index < -0.39 is 0 Å². The first-order valence-corrected chi connectivity index (χ1v) is 9.59. The fourth-order valence-electron chi connectivity index (χ4n) is 4.27. The summed E-state index contributed by atoms with van der Waals surface area (Å²) in [4.78, 5) is 26.8. The summed E-state index contributed by atoms with van der Waals surface area (Å²) in [6.07, 6.45) is 4.81. The van der Waals surface area contributed by atoms with Gasteiger partial charge in [0.25, 0.3) is 0 Å². The van der Waals surface area contributed by atoms with Gasteiger partial charge >= 0.3 is 0 Å². The molecule has 6 nitrogen and oxygen atoms in total. The number of aromatic nitrogens is 2. The average molecular weight is 375 g/mol. The highest BCUT2D eigenvalue weighted by molar-refractivity contribution is 6.35. The van der Waals surface area contributed by atoms with E-state index in [1.807, 2.05) is 30.1 Å². The van der Waals surface area contributed by atoms with Crippen molar-refractivity contribution in [2.24, 2.45) is 13.0 Å². The number of hydrogen-bond donors (Lipinski definition) is 1. The average Bonchev–Trinajstić information content (AvgIpc) is 3.33. The molecule has 2 aliphatic rings. The first-order valence-electron chi connectivity index (χ1n) is 9.22. The Labute approximate surface area is 157 Å². The number of nitrogens with zero attached hydrogens (tertiary/aromatic N) is 3. The van der Waals surface area contributed by atoms with Gasteiger partial charge in [0.15, 0.2) is 0 Å². The molecule has 0 unspecified atom stereocenters. The highest BCUT2D eigenvalue weighted by Crippen LogP contribution is 2.30. The lowest BCUT2D eigenvalue weighted by atomic mass is 10.1. The van der Waals surface area contributed by atoms with Crippen LogP contribution in [0.5, 0.6) is 0 Å². The van der Waals surface area contributed by atoms with Gasteiger partial charge in [-0.25, -0.2) is 0 Å². The number of fused-ring (bicyclic) bond motifs is 1. The van der Waals surface area contributed by atoms with Crippen molar-refractivity contribution in [2.45, 2.75) is 44.7 Å². The second-order valence-corrected chi connectivity index (χ2v) is 7.71. The predicted molar refractivity (Wildman–Crippen MR) is 99.6 cm³/mol. The molecule has 0 bridgehead atoms. The monoisotopic (exact) mass is 374 g/mol. The molecule has 1 aliphatic heterocycles. The Balaban J connectivity index is 1.43. The molecule has 2 heterocycles. The highest BCUT2D eigenvalue weighted by atomic mass is 35.5. The maximum Gasteiger partial charge on any atom is 0.225 e. The lowest BCUT2D eigenvalue weighted by Crippen LogP contribution is -2.36. The van der Waals surface area contributed by atoms with Crippen LogP contribution in [0.4, 0.5) is 0 Å². The Hall–Kier alpha value is -2.08. The van der Waals surface area contributed by atoms with Gasteiger partial charge in [-0.3, -0.25) is 14.3 Å². The van der Waals surface area contributed by atoms with Crippen molar-refractivity contribution in [3.05, 3.63) is 28.9 Å². The van der Waals surface area contributed by atoms with Crippen LogP contribution >= 0.6 is 11.6 Å². The SMILES string of the molecule is Cn1nc(CNC(=O)[C@@H]2CC(=O)N(C3CCCC3)C2)c2c(Cl)cccc21. The fourth-order valence-corrected chi connectivity index (χ4v) is 4.55. The third kappa shape index (κ3) is 3.07. The Bertz CT molecular complexity index is 857. The van der Waals surface area contributed by atoms with Crippen LogP contribution in [-0.2, 0) is 23.2 Å². The Kier molecular flexibility index (Phi) is 4.61. The summed E-state index contributed by atoms with van der Waals surface area (Å²) in [7, 11) is 1.86. The zero-order chi connectivity index (χ0) is 18.3. The Morgan fingerprint density at radius 2 is 2.12 bits per heavy atom. The van der Waals surface area contributed by atoms with Crippen LogP contribution < -0.4 is 5.32 Å². The number of carbonyl (C=O) groups is 2. The van der Waals surface area contributed by atoms with Crippen LogP contribution in [0, 0.1) is 5.92 Å². The van der Waals surface area contributed by atoms with E-state index in [9.17, 15) is 9.59 Å². The van der Waals surface area contributed by atoms with Gasteiger partial charge in [0, 0.05) is 31.4 Å². The van der Waals surface area contributed by atoms with Gasteiger partial charge in [0.2, 0.25) is 11.8 Å². The van der Waals surface area contributed by atoms with Crippen LogP contribution in [-0.4, -0.2) is 39.1 Å². The van der Waals surface area contributed by atoms with Crippen molar-refractivity contribution in [2.75, 3.05) is 6.54 Å². The number of halogens is 1. The van der Waals surface area contributed by atoms with Crippen molar-refractivity contribution in [1.82, 2.24) is 20.0 Å². The molecule has 1 aromatic heterocycles. The number of likely N-dealkylation sites (tertiary alicyclic amines) is 1. The lowest BCUT2D eigenvalue weighted by Gasteiger charge is -2.23. The van der Waals surface area contributed by atoms with E-state index in [4.69, 9.17) is 11.6 Å². The van der Waals surface area contributed by atoms with Crippen LogP contribution in [0.2, 0.25) is 5.02 Å². The summed E-state index contributed by atoms with van der Waals surface area (Å²) in [6.45, 7) is 0.854. The topological polar surface area (TPSA) is 67.2 Å². The van der Waals surface area contributed by atoms with Crippen LogP contribution in [0.1, 0.15) is 37.8 Å². The Morgan fingerprint density at radius 3 is 2.88 bits per heavy atom. The molecular formula is C19H23ClN4O2. The van der Waals surface area contributed by atoms with Crippen LogP contribution in [0.3, 0.4) is 0 Å². The van der Waals surface area contributed by atoms with Gasteiger partial charge < -0.3 is 10.2 Å². The van der Waals surface area contributed by atoms with Gasteiger partial charge in [-0.2, -0.15) is 5.10 Å². The molecule has 1 saturated heterocycles. The van der Waals surface area contributed by atoms with E-state index >= 15 is 0 Å². The molecule has 0 spiro atoms. The minimum Gasteiger partial charge on any atom is -0.350 e. The molecule has 2 amide bonds. The third-order valence-corrected chi connectivity index (χ3v) is 5.94. The van der Waals surface area contributed by atoms with Crippen molar-refractivity contribution >= 4 is 34.3 Å². The number of carbonyl (C=O) groups excluding carboxylic acids is 2. The van der Waals surface area contributed by atoms with E-state index in [0.29, 0.717) is 30.6 Å². The summed E-state index contributed by atoms with van der Waals surface area (Å²) in [5.41, 5.74) is 1.68. The summed E-state index contributed by atoms with van der Waals surface area (Å²) < 4.78 is 1.77.